The van der Waals surface area contributed by atoms with Gasteiger partial charge in [-0.1, -0.05) is 26.3 Å². The molecule has 0 bridgehead atoms. The van der Waals surface area contributed by atoms with Gasteiger partial charge in [0, 0.05) is 11.3 Å². The van der Waals surface area contributed by atoms with Crippen LogP contribution in [0.15, 0.2) is 11.6 Å². The Morgan fingerprint density at radius 2 is 1.88 bits per heavy atom. The molecule has 4 aliphatic rings. The molecule has 3 heteroatoms. The van der Waals surface area contributed by atoms with Crippen LogP contribution < -0.4 is 0 Å². The van der Waals surface area contributed by atoms with Crippen LogP contribution in [-0.4, -0.2) is 27.7 Å². The van der Waals surface area contributed by atoms with Crippen LogP contribution in [0.1, 0.15) is 66.2 Å². The summed E-state index contributed by atoms with van der Waals surface area (Å²) in [4.78, 5) is 12.2. The van der Waals surface area contributed by atoms with Crippen molar-refractivity contribution in [3.63, 3.8) is 0 Å². The Kier molecular flexibility index (Phi) is 3.46. The topological polar surface area (TPSA) is 57.5 Å². The minimum Gasteiger partial charge on any atom is -0.393 e. The number of aliphatic hydroxyl groups is 2. The summed E-state index contributed by atoms with van der Waals surface area (Å²) in [6, 6.07) is 0. The van der Waals surface area contributed by atoms with Gasteiger partial charge in [0.15, 0.2) is 5.78 Å². The molecule has 8 atom stereocenters. The molecule has 0 saturated heterocycles. The van der Waals surface area contributed by atoms with Gasteiger partial charge in [-0.2, -0.15) is 0 Å². The predicted molar refractivity (Wildman–Crippen MR) is 93.3 cm³/mol. The summed E-state index contributed by atoms with van der Waals surface area (Å²) in [5.41, 5.74) is 0.377. The van der Waals surface area contributed by atoms with Gasteiger partial charge in [-0.15, -0.1) is 0 Å². The first-order valence-electron chi connectivity index (χ1n) is 9.75. The minimum absolute atomic E-state index is 0.0502. The zero-order chi connectivity index (χ0) is 17.5. The molecule has 0 radical (unpaired) electrons. The maximum atomic E-state index is 12.2. The normalized spacial score (nSPS) is 57.0. The van der Waals surface area contributed by atoms with Gasteiger partial charge in [-0.3, -0.25) is 4.79 Å². The number of carbonyl (C=O) groups excluding carboxylic acids is 1. The van der Waals surface area contributed by atoms with Gasteiger partial charge in [-0.05, 0) is 74.7 Å². The highest BCUT2D eigenvalue weighted by Crippen LogP contribution is 2.67. The van der Waals surface area contributed by atoms with Gasteiger partial charge in [0.1, 0.15) is 0 Å². The number of allylic oxidation sites excluding steroid dienone is 1. The van der Waals surface area contributed by atoms with Crippen molar-refractivity contribution in [2.75, 3.05) is 0 Å². The number of rotatable bonds is 0. The fraction of sp³-hybridized carbons (Fsp3) is 0.857. The molecule has 134 valence electrons. The molecule has 4 rings (SSSR count). The summed E-state index contributed by atoms with van der Waals surface area (Å²) in [7, 11) is 0. The lowest BCUT2D eigenvalue weighted by atomic mass is 9.45. The van der Waals surface area contributed by atoms with Crippen molar-refractivity contribution in [3.8, 4) is 0 Å². The van der Waals surface area contributed by atoms with Gasteiger partial charge in [0.2, 0.25) is 0 Å². The Labute approximate surface area is 145 Å². The van der Waals surface area contributed by atoms with Crippen molar-refractivity contribution < 1.29 is 15.0 Å². The molecule has 4 aliphatic carbocycles. The van der Waals surface area contributed by atoms with Crippen LogP contribution in [-0.2, 0) is 4.79 Å². The Bertz CT molecular complexity index is 606. The molecule has 3 nitrogen and oxygen atoms in total. The highest BCUT2D eigenvalue weighted by atomic mass is 16.3. The highest BCUT2D eigenvalue weighted by Gasteiger charge is 2.65. The maximum Gasteiger partial charge on any atom is 0.158 e. The SMILES string of the molecule is C[C@@H]1C[C@@]2(C)C(=CC1=O)CC[C@@H]1[C@@H]2[C@H](O)C[C@@]2(C)[C@H]1CC[C@]2(C)O. The molecule has 0 aliphatic heterocycles. The summed E-state index contributed by atoms with van der Waals surface area (Å²) in [5, 5.41) is 22.1. The second-order valence-corrected chi connectivity index (χ2v) is 9.93. The van der Waals surface area contributed by atoms with E-state index in [1.165, 1.54) is 5.57 Å². The highest BCUT2D eigenvalue weighted by molar-refractivity contribution is 5.93. The lowest BCUT2D eigenvalue weighted by Gasteiger charge is -2.61. The number of hydrogen-bond acceptors (Lipinski definition) is 3. The van der Waals surface area contributed by atoms with Gasteiger partial charge >= 0.3 is 0 Å². The van der Waals surface area contributed by atoms with Crippen molar-refractivity contribution >= 4 is 5.78 Å². The predicted octanol–water partition coefficient (Wildman–Crippen LogP) is 3.49. The summed E-state index contributed by atoms with van der Waals surface area (Å²) in [6.45, 7) is 8.49. The minimum atomic E-state index is -0.670. The van der Waals surface area contributed by atoms with Gasteiger partial charge < -0.3 is 10.2 Å². The summed E-state index contributed by atoms with van der Waals surface area (Å²) < 4.78 is 0. The molecule has 0 aromatic rings. The van der Waals surface area contributed by atoms with Crippen LogP contribution in [0.25, 0.3) is 0 Å². The average molecular weight is 332 g/mol. The first-order chi connectivity index (χ1) is 11.1. The number of hydrogen-bond donors (Lipinski definition) is 2. The maximum absolute atomic E-state index is 12.2. The summed E-state index contributed by atoms with van der Waals surface area (Å²) in [5.74, 6) is 1.52. The van der Waals surface area contributed by atoms with Crippen molar-refractivity contribution in [3.05, 3.63) is 11.6 Å². The zero-order valence-corrected chi connectivity index (χ0v) is 15.5. The van der Waals surface area contributed by atoms with Crippen LogP contribution in [0.2, 0.25) is 0 Å². The molecule has 2 N–H and O–H groups in total. The quantitative estimate of drug-likeness (QED) is 0.714. The van der Waals surface area contributed by atoms with E-state index >= 15 is 0 Å². The van der Waals surface area contributed by atoms with Crippen LogP contribution in [0.3, 0.4) is 0 Å². The van der Waals surface area contributed by atoms with Crippen molar-refractivity contribution in [2.24, 2.45) is 34.5 Å². The van der Waals surface area contributed by atoms with Gasteiger partial charge in [0.25, 0.3) is 0 Å². The first-order valence-corrected chi connectivity index (χ1v) is 9.75. The molecule has 3 saturated carbocycles. The van der Waals surface area contributed by atoms with Gasteiger partial charge in [0.05, 0.1) is 11.7 Å². The Morgan fingerprint density at radius 3 is 2.58 bits per heavy atom. The van der Waals surface area contributed by atoms with Gasteiger partial charge in [-0.25, -0.2) is 0 Å². The third-order valence-electron chi connectivity index (χ3n) is 8.77. The van der Waals surface area contributed by atoms with E-state index in [0.717, 1.165) is 32.1 Å². The van der Waals surface area contributed by atoms with E-state index in [-0.39, 0.29) is 34.6 Å². The van der Waals surface area contributed by atoms with E-state index in [1.807, 2.05) is 19.9 Å². The van der Waals surface area contributed by atoms with Crippen LogP contribution in [0, 0.1) is 34.5 Å². The molecule has 24 heavy (non-hydrogen) atoms. The Morgan fingerprint density at radius 1 is 1.17 bits per heavy atom. The number of ketones is 1. The van der Waals surface area contributed by atoms with E-state index < -0.39 is 5.60 Å². The second-order valence-electron chi connectivity index (χ2n) is 9.93. The molecule has 3 fully saturated rings. The van der Waals surface area contributed by atoms with Crippen LogP contribution >= 0.6 is 0 Å². The van der Waals surface area contributed by atoms with Crippen LogP contribution in [0.4, 0.5) is 0 Å². The number of aliphatic hydroxyl groups excluding tert-OH is 1. The monoisotopic (exact) mass is 332 g/mol. The Hall–Kier alpha value is -0.670. The molecule has 0 amide bonds. The molecule has 0 unspecified atom stereocenters. The molecular formula is C21H32O3. The van der Waals surface area contributed by atoms with E-state index in [9.17, 15) is 15.0 Å². The lowest BCUT2D eigenvalue weighted by molar-refractivity contribution is -0.167. The van der Waals surface area contributed by atoms with Crippen molar-refractivity contribution in [2.45, 2.75) is 77.9 Å². The van der Waals surface area contributed by atoms with Crippen LogP contribution in [0.5, 0.6) is 0 Å². The number of carbonyl (C=O) groups is 1. The van der Waals surface area contributed by atoms with Crippen molar-refractivity contribution in [1.82, 2.24) is 0 Å². The Balaban J connectivity index is 1.76. The molecular weight excluding hydrogens is 300 g/mol. The average Bonchev–Trinajstić information content (AvgIpc) is 2.70. The van der Waals surface area contributed by atoms with E-state index in [1.54, 1.807) is 0 Å². The van der Waals surface area contributed by atoms with E-state index in [4.69, 9.17) is 0 Å². The smallest absolute Gasteiger partial charge is 0.158 e. The standard InChI is InChI=1S/C21H32O3/c1-12-10-19(2)13(9-16(12)22)5-6-14-15-7-8-21(4,24)20(15,3)11-17(23)18(14)19/h9,12,14-15,17-18,23-24H,5-8,10-11H2,1-4H3/t12-,14+,15+,17-,18-,19+,20+,21+/m1/s1. The van der Waals surface area contributed by atoms with E-state index in [2.05, 4.69) is 13.8 Å². The fourth-order valence-corrected chi connectivity index (χ4v) is 7.25. The number of fused-ring (bicyclic) bond motifs is 5. The summed E-state index contributed by atoms with van der Waals surface area (Å²) in [6.07, 6.45) is 7.04. The summed E-state index contributed by atoms with van der Waals surface area (Å²) >= 11 is 0. The third kappa shape index (κ3) is 1.94. The molecule has 0 aromatic heterocycles. The molecule has 0 aromatic carbocycles. The zero-order valence-electron chi connectivity index (χ0n) is 15.5. The molecule has 0 heterocycles. The third-order valence-corrected chi connectivity index (χ3v) is 8.77. The largest absolute Gasteiger partial charge is 0.393 e. The fourth-order valence-electron chi connectivity index (χ4n) is 7.25. The molecule has 0 spiro atoms. The second kappa shape index (κ2) is 4.94. The lowest BCUT2D eigenvalue weighted by Crippen LogP contribution is -2.59. The van der Waals surface area contributed by atoms with E-state index in [0.29, 0.717) is 18.3 Å². The first kappa shape index (κ1) is 16.8. The van der Waals surface area contributed by atoms with Crippen molar-refractivity contribution in [1.29, 1.82) is 0 Å².